The number of para-hydroxylation sites is 22. The fourth-order valence-corrected chi connectivity index (χ4v) is 22.8. The number of hydrogen-bond donors (Lipinski definition) is 0. The fraction of sp³-hybridized carbons (Fsp3) is 0.0465. The van der Waals surface area contributed by atoms with Crippen LogP contribution in [-0.2, 0) is 21.1 Å². The number of aromatic nitrogens is 13. The number of furan rings is 3. The lowest BCUT2D eigenvalue weighted by Gasteiger charge is -2.09. The Morgan fingerprint density at radius 2 is 0.462 bits per heavy atom. The molecule has 0 aliphatic heterocycles. The van der Waals surface area contributed by atoms with Gasteiger partial charge in [0.2, 0.25) is 17.3 Å². The largest absolute Gasteiger partial charge is 0.456 e. The average molecular weight is 1870 g/mol. The molecule has 33 rings (SSSR count). The predicted molar refractivity (Wildman–Crippen MR) is 600 cm³/mol. The molecule has 0 saturated heterocycles. The molecule has 0 spiro atoms. The van der Waals surface area contributed by atoms with Gasteiger partial charge in [0.1, 0.15) is 22.3 Å². The van der Waals surface area contributed by atoms with Crippen LogP contribution in [-0.4, -0.2) is 60.1 Å². The lowest BCUT2D eigenvalue weighted by Crippen LogP contribution is -1.96. The van der Waals surface area contributed by atoms with Crippen LogP contribution in [0.4, 0.5) is 0 Å². The highest BCUT2D eigenvalue weighted by atomic mass is 16.3. The molecule has 0 saturated carbocycles. The van der Waals surface area contributed by atoms with Gasteiger partial charge in [0, 0.05) is 124 Å². The molecule has 0 atom stereocenters. The van der Waals surface area contributed by atoms with Gasteiger partial charge >= 0.3 is 0 Å². The molecule has 16 nitrogen and oxygen atoms in total. The Kier molecular flexibility index (Phi) is 19.3. The minimum atomic E-state index is 0.886. The van der Waals surface area contributed by atoms with E-state index in [-0.39, 0.29) is 0 Å². The summed E-state index contributed by atoms with van der Waals surface area (Å²) in [6.45, 7) is 6.40. The van der Waals surface area contributed by atoms with Crippen LogP contribution < -0.4 is 0 Å². The van der Waals surface area contributed by atoms with Gasteiger partial charge in [-0.05, 0) is 226 Å². The van der Waals surface area contributed by atoms with E-state index in [1.807, 2.05) is 54.6 Å². The first-order chi connectivity index (χ1) is 71.5. The molecule has 13 heterocycles. The van der Waals surface area contributed by atoms with E-state index in [2.05, 4.69) is 480 Å². The van der Waals surface area contributed by atoms with Crippen LogP contribution in [0, 0.1) is 20.8 Å². The van der Waals surface area contributed by atoms with Crippen molar-refractivity contribution in [3.63, 3.8) is 0 Å². The maximum Gasteiger partial charge on any atom is 0.220 e. The number of hydrogen-bond acceptors (Lipinski definition) is 6. The summed E-state index contributed by atoms with van der Waals surface area (Å²) in [5, 5.41) is 17.3. The normalized spacial score (nSPS) is 11.9. The predicted octanol–water partition coefficient (Wildman–Crippen LogP) is 33.0. The Morgan fingerprint density at radius 3 is 0.897 bits per heavy atom. The summed E-state index contributed by atoms with van der Waals surface area (Å²) in [6.07, 6.45) is 0. The smallest absolute Gasteiger partial charge is 0.220 e. The van der Waals surface area contributed by atoms with Crippen molar-refractivity contribution < 1.29 is 13.3 Å². The van der Waals surface area contributed by atoms with E-state index < -0.39 is 0 Å². The highest BCUT2D eigenvalue weighted by molar-refractivity contribution is 6.17. The number of fused-ring (bicyclic) bond motifs is 36. The van der Waals surface area contributed by atoms with Gasteiger partial charge in [0.25, 0.3) is 0 Å². The second kappa shape index (κ2) is 33.3. The van der Waals surface area contributed by atoms with E-state index in [0.29, 0.717) is 0 Å². The maximum absolute atomic E-state index is 6.38. The highest BCUT2D eigenvalue weighted by Crippen LogP contribution is 2.45. The van der Waals surface area contributed by atoms with Gasteiger partial charge in [-0.3, -0.25) is 22.3 Å². The zero-order valence-corrected chi connectivity index (χ0v) is 80.2. The number of rotatable bonds is 4. The number of benzene rings is 20. The Hall–Kier alpha value is -19.2. The Labute approximate surface area is 828 Å². The molecule has 0 radical (unpaired) electrons. The van der Waals surface area contributed by atoms with Crippen LogP contribution in [0.5, 0.6) is 0 Å². The molecule has 690 valence electrons. The third kappa shape index (κ3) is 13.2. The molecular formula is C129H91N13O3. The lowest BCUT2D eigenvalue weighted by molar-refractivity contribution is 0.665. The lowest BCUT2D eigenvalue weighted by atomic mass is 10.1. The van der Waals surface area contributed by atoms with Crippen molar-refractivity contribution >= 4 is 237 Å². The average Bonchev–Trinajstić information content (AvgIpc) is 1.55. The van der Waals surface area contributed by atoms with E-state index in [4.69, 9.17) is 23.2 Å². The summed E-state index contributed by atoms with van der Waals surface area (Å²) in [4.78, 5) is 14.7. The monoisotopic (exact) mass is 1870 g/mol. The third-order valence-corrected chi connectivity index (χ3v) is 29.3. The first kappa shape index (κ1) is 83.9. The molecule has 0 unspecified atom stereocenters. The van der Waals surface area contributed by atoms with Crippen molar-refractivity contribution in [1.82, 2.24) is 60.1 Å². The molecule has 0 aliphatic rings. The Balaban J connectivity index is 0.0000000858. The summed E-state index contributed by atoms with van der Waals surface area (Å²) in [5.74, 6) is 2.81. The van der Waals surface area contributed by atoms with Gasteiger partial charge in [-0.2, -0.15) is 0 Å². The Bertz CT molecular complexity index is 10900. The van der Waals surface area contributed by atoms with Crippen LogP contribution in [0.3, 0.4) is 0 Å². The molecule has 13 aromatic heterocycles. The molecule has 0 amide bonds. The van der Waals surface area contributed by atoms with E-state index in [1.165, 1.54) is 131 Å². The van der Waals surface area contributed by atoms with Crippen molar-refractivity contribution in [2.24, 2.45) is 21.1 Å². The topological polar surface area (TPSA) is 126 Å². The molecule has 20 aromatic carbocycles. The minimum absolute atomic E-state index is 0.886. The van der Waals surface area contributed by atoms with Crippen LogP contribution in [0.15, 0.2) is 456 Å². The van der Waals surface area contributed by atoms with Crippen molar-refractivity contribution in [1.29, 1.82) is 0 Å². The summed E-state index contributed by atoms with van der Waals surface area (Å²) < 4.78 is 41.4. The highest BCUT2D eigenvalue weighted by Gasteiger charge is 2.26. The SMILES string of the molecule is Cc1cc(-n2c3ccccc3c3ccccc32)c2oc3ccccc3c2c1.Cc1cc(-n2c3ccccc3n3c4ccccc4nc23)c2oc3ccccc3c2c1.Cc1cc(-n2c3ccccc3n3c4ccccc4nc23)cc2c1oc1ccccc12.Cn1c2ccccc2c2cc(-n3c4ccccc4c4ccccc43)ccc21.Cn1c2ccccc2c2ccccc21.Cn1c2ccccc2n2c3ccccc3nc12. The summed E-state index contributed by atoms with van der Waals surface area (Å²) in [7, 11) is 6.32. The summed E-state index contributed by atoms with van der Waals surface area (Å²) in [5.41, 5.74) is 36.9. The van der Waals surface area contributed by atoms with Gasteiger partial charge in [0.15, 0.2) is 11.2 Å². The molecule has 0 fully saturated rings. The molecule has 0 aliphatic carbocycles. The Morgan fingerprint density at radius 1 is 0.179 bits per heavy atom. The summed E-state index contributed by atoms with van der Waals surface area (Å²) in [6, 6.07) is 155. The van der Waals surface area contributed by atoms with Crippen molar-refractivity contribution in [2.75, 3.05) is 0 Å². The molecule has 33 aromatic rings. The fourth-order valence-electron chi connectivity index (χ4n) is 22.8. The van der Waals surface area contributed by atoms with Gasteiger partial charge in [-0.25, -0.2) is 15.0 Å². The first-order valence-corrected chi connectivity index (χ1v) is 49.1. The van der Waals surface area contributed by atoms with Gasteiger partial charge < -0.3 is 36.1 Å². The van der Waals surface area contributed by atoms with Crippen molar-refractivity contribution in [2.45, 2.75) is 20.8 Å². The number of nitrogens with zero attached hydrogens (tertiary/aromatic N) is 13. The zero-order valence-electron chi connectivity index (χ0n) is 80.2. The molecule has 16 heteroatoms. The standard InChI is InChI=1S/2C26H17N3O.C25H18N2.C25H17NO.C14H11N3.C13H11N/c1-16-14-17(15-19-18-8-2-7-13-24(18)30-25(16)19)28-22-11-5-6-12-23(22)29-21-10-4-3-9-20(21)27-26(28)29;1-16-14-18-17-8-2-7-13-24(17)30-25(18)23(15-16)29-22-12-6-5-11-21(22)28-20-10-4-3-9-19(20)27-26(28)29;1-26-22-11-5-2-10-20(22)21-16-17(14-15-23(21)26)27-24-12-6-3-8-18(24)19-9-4-7-13-25(19)27;1-16-14-20-19-10-4-7-13-24(19)27-25(20)23(15-16)26-21-11-5-2-8-17(21)18-9-3-6-12-22(18)26;1-16-12-8-4-5-9-13(12)17-11-7-3-2-6-10(11)15-14(16)17;1-14-12-8-4-2-6-10(12)11-7-3-5-9-13(11)14/h2*2-15H,1H3;2-16H,1H3;2-15H,1H3;2-9H,1H3;2-9H,1H3. The number of imidazole rings is 6. The molecule has 0 N–H and O–H groups in total. The first-order valence-electron chi connectivity index (χ1n) is 49.1. The second-order valence-corrected chi connectivity index (χ2v) is 37.8. The van der Waals surface area contributed by atoms with Crippen LogP contribution >= 0.6 is 0 Å². The quantitative estimate of drug-likeness (QED) is 0.173. The van der Waals surface area contributed by atoms with Crippen LogP contribution in [0.2, 0.25) is 0 Å². The van der Waals surface area contributed by atoms with Gasteiger partial charge in [-0.15, -0.1) is 0 Å². The molecular weight excluding hydrogens is 1780 g/mol. The van der Waals surface area contributed by atoms with E-state index in [9.17, 15) is 0 Å². The zero-order chi connectivity index (χ0) is 96.5. The summed E-state index contributed by atoms with van der Waals surface area (Å²) >= 11 is 0. The van der Waals surface area contributed by atoms with Crippen molar-refractivity contribution in [3.05, 3.63) is 460 Å². The van der Waals surface area contributed by atoms with Gasteiger partial charge in [-0.1, -0.05) is 255 Å². The minimum Gasteiger partial charge on any atom is -0.456 e. The third-order valence-electron chi connectivity index (χ3n) is 29.3. The molecule has 145 heavy (non-hydrogen) atoms. The number of aryl methyl sites for hydroxylation is 6. The van der Waals surface area contributed by atoms with Crippen molar-refractivity contribution in [3.8, 4) is 22.7 Å². The van der Waals surface area contributed by atoms with E-state index in [0.717, 1.165) is 145 Å². The second-order valence-electron chi connectivity index (χ2n) is 37.8. The van der Waals surface area contributed by atoms with Crippen LogP contribution in [0.1, 0.15) is 16.7 Å². The molecule has 0 bridgehead atoms. The van der Waals surface area contributed by atoms with E-state index in [1.54, 1.807) is 0 Å². The maximum atomic E-state index is 6.38. The van der Waals surface area contributed by atoms with E-state index >= 15 is 0 Å². The van der Waals surface area contributed by atoms with Gasteiger partial charge in [0.05, 0.1) is 105 Å². The van der Waals surface area contributed by atoms with Crippen LogP contribution in [0.25, 0.3) is 259 Å².